The Balaban J connectivity index is 1.89. The number of hydrogen-bond donors (Lipinski definition) is 0. The summed E-state index contributed by atoms with van der Waals surface area (Å²) in [6, 6.07) is 6.49. The van der Waals surface area contributed by atoms with Crippen molar-refractivity contribution >= 4 is 18.0 Å². The van der Waals surface area contributed by atoms with E-state index in [-0.39, 0.29) is 5.91 Å². The van der Waals surface area contributed by atoms with Crippen molar-refractivity contribution in [3.05, 3.63) is 35.4 Å². The molecule has 2 heterocycles. The lowest BCUT2D eigenvalue weighted by Gasteiger charge is -2.39. The summed E-state index contributed by atoms with van der Waals surface area (Å²) in [6.07, 6.45) is 1.20. The first-order valence-corrected chi connectivity index (χ1v) is 9.66. The van der Waals surface area contributed by atoms with E-state index in [0.717, 1.165) is 17.5 Å². The van der Waals surface area contributed by atoms with Crippen molar-refractivity contribution < 1.29 is 23.9 Å². The van der Waals surface area contributed by atoms with Gasteiger partial charge in [0, 0.05) is 13.0 Å². The van der Waals surface area contributed by atoms with Crippen LogP contribution in [0.5, 0.6) is 0 Å². The fraction of sp³-hybridized carbons (Fsp3) is 0.571. The maximum atomic E-state index is 13.4. The van der Waals surface area contributed by atoms with Crippen LogP contribution in [0.15, 0.2) is 24.3 Å². The van der Waals surface area contributed by atoms with Gasteiger partial charge in [0.15, 0.2) is 0 Å². The molecule has 2 aliphatic heterocycles. The first kappa shape index (κ1) is 20.2. The van der Waals surface area contributed by atoms with Crippen LogP contribution in [0.25, 0.3) is 0 Å². The van der Waals surface area contributed by atoms with Crippen LogP contribution in [0.1, 0.15) is 44.7 Å². The average Bonchev–Trinajstić information content (AvgIpc) is 3.14. The molecule has 152 valence electrons. The number of esters is 1. The van der Waals surface area contributed by atoms with E-state index in [1.807, 2.05) is 24.3 Å². The number of hydrogen-bond acceptors (Lipinski definition) is 5. The van der Waals surface area contributed by atoms with Crippen molar-refractivity contribution in [1.29, 1.82) is 0 Å². The quantitative estimate of drug-likeness (QED) is 0.728. The number of benzene rings is 1. The van der Waals surface area contributed by atoms with Gasteiger partial charge in [0.05, 0.1) is 13.7 Å². The van der Waals surface area contributed by atoms with Gasteiger partial charge in [-0.15, -0.1) is 0 Å². The Morgan fingerprint density at radius 1 is 1.04 bits per heavy atom. The molecule has 3 rings (SSSR count). The number of ether oxygens (including phenoxy) is 2. The summed E-state index contributed by atoms with van der Waals surface area (Å²) < 4.78 is 10.4. The second-order valence-corrected chi connectivity index (χ2v) is 8.31. The Kier molecular flexibility index (Phi) is 5.63. The molecule has 2 atom stereocenters. The highest BCUT2D eigenvalue weighted by Gasteiger charge is 2.43. The fourth-order valence-corrected chi connectivity index (χ4v) is 3.86. The molecule has 0 aromatic heterocycles. The highest BCUT2D eigenvalue weighted by atomic mass is 16.6. The average molecular weight is 388 g/mol. The van der Waals surface area contributed by atoms with Gasteiger partial charge in [0.1, 0.15) is 17.7 Å². The number of likely N-dealkylation sites (tertiary alicyclic amines) is 1. The zero-order chi connectivity index (χ0) is 20.5. The molecule has 1 fully saturated rings. The van der Waals surface area contributed by atoms with E-state index in [4.69, 9.17) is 9.47 Å². The lowest BCUT2D eigenvalue weighted by Crippen LogP contribution is -2.56. The Morgan fingerprint density at radius 2 is 1.71 bits per heavy atom. The second kappa shape index (κ2) is 7.81. The van der Waals surface area contributed by atoms with E-state index < -0.39 is 29.7 Å². The number of carbonyl (C=O) groups excluding carboxylic acids is 3. The summed E-state index contributed by atoms with van der Waals surface area (Å²) in [5.41, 5.74) is 1.38. The van der Waals surface area contributed by atoms with Gasteiger partial charge < -0.3 is 14.4 Å². The van der Waals surface area contributed by atoms with Crippen molar-refractivity contribution in [1.82, 2.24) is 9.80 Å². The summed E-state index contributed by atoms with van der Waals surface area (Å²) in [6.45, 7) is 6.19. The molecular formula is C21H28N2O5. The molecule has 28 heavy (non-hydrogen) atoms. The molecule has 7 heteroatoms. The minimum absolute atomic E-state index is 0.228. The number of fused-ring (bicyclic) bond motifs is 1. The van der Waals surface area contributed by atoms with Gasteiger partial charge in [-0.25, -0.2) is 9.59 Å². The molecule has 2 amide bonds. The smallest absolute Gasteiger partial charge is 0.411 e. The van der Waals surface area contributed by atoms with Gasteiger partial charge >= 0.3 is 12.1 Å². The molecular weight excluding hydrogens is 360 g/mol. The lowest BCUT2D eigenvalue weighted by atomic mass is 9.93. The van der Waals surface area contributed by atoms with Gasteiger partial charge in [-0.2, -0.15) is 0 Å². The number of methoxy groups -OCH3 is 1. The third-order valence-corrected chi connectivity index (χ3v) is 5.17. The third kappa shape index (κ3) is 4.13. The predicted molar refractivity (Wildman–Crippen MR) is 102 cm³/mol. The molecule has 0 bridgehead atoms. The zero-order valence-electron chi connectivity index (χ0n) is 16.9. The Labute approximate surface area is 165 Å². The summed E-state index contributed by atoms with van der Waals surface area (Å²) in [5.74, 6) is -0.640. The maximum absolute atomic E-state index is 13.4. The van der Waals surface area contributed by atoms with Crippen molar-refractivity contribution in [3.63, 3.8) is 0 Å². The van der Waals surface area contributed by atoms with Crippen LogP contribution in [0.3, 0.4) is 0 Å². The molecule has 0 aliphatic carbocycles. The third-order valence-electron chi connectivity index (χ3n) is 5.17. The van der Waals surface area contributed by atoms with E-state index in [0.29, 0.717) is 25.9 Å². The first-order chi connectivity index (χ1) is 13.2. The van der Waals surface area contributed by atoms with E-state index in [9.17, 15) is 14.4 Å². The van der Waals surface area contributed by atoms with E-state index in [2.05, 4.69) is 0 Å². The molecule has 0 spiro atoms. The van der Waals surface area contributed by atoms with Gasteiger partial charge in [0.25, 0.3) is 0 Å². The molecule has 0 radical (unpaired) electrons. The van der Waals surface area contributed by atoms with Crippen LogP contribution in [-0.2, 0) is 32.0 Å². The van der Waals surface area contributed by atoms with Gasteiger partial charge in [0.2, 0.25) is 5.91 Å². The van der Waals surface area contributed by atoms with Crippen molar-refractivity contribution in [2.24, 2.45) is 0 Å². The Bertz CT molecular complexity index is 770. The summed E-state index contributed by atoms with van der Waals surface area (Å²) in [4.78, 5) is 41.4. The minimum atomic E-state index is -0.699. The van der Waals surface area contributed by atoms with Crippen molar-refractivity contribution in [3.8, 4) is 0 Å². The molecule has 2 aliphatic rings. The van der Waals surface area contributed by atoms with E-state index in [1.165, 1.54) is 12.0 Å². The van der Waals surface area contributed by atoms with Gasteiger partial charge in [-0.1, -0.05) is 24.3 Å². The zero-order valence-corrected chi connectivity index (χ0v) is 16.9. The van der Waals surface area contributed by atoms with E-state index >= 15 is 0 Å². The predicted octanol–water partition coefficient (Wildman–Crippen LogP) is 2.51. The van der Waals surface area contributed by atoms with Crippen LogP contribution in [0.2, 0.25) is 0 Å². The normalized spacial score (nSPS) is 21.9. The molecule has 1 aromatic carbocycles. The maximum Gasteiger partial charge on any atom is 0.411 e. The number of carbonyl (C=O) groups is 3. The number of amides is 2. The monoisotopic (exact) mass is 388 g/mol. The molecule has 0 N–H and O–H groups in total. The Morgan fingerprint density at radius 3 is 2.36 bits per heavy atom. The van der Waals surface area contributed by atoms with Crippen molar-refractivity contribution in [2.75, 3.05) is 13.7 Å². The van der Waals surface area contributed by atoms with Crippen LogP contribution in [0, 0.1) is 0 Å². The van der Waals surface area contributed by atoms with Crippen LogP contribution < -0.4 is 0 Å². The molecule has 1 aromatic rings. The fourth-order valence-electron chi connectivity index (χ4n) is 3.86. The van der Waals surface area contributed by atoms with Crippen LogP contribution in [0.4, 0.5) is 4.79 Å². The summed E-state index contributed by atoms with van der Waals surface area (Å²) in [5, 5.41) is 0. The van der Waals surface area contributed by atoms with Gasteiger partial charge in [-0.05, 0) is 44.7 Å². The molecule has 0 saturated carbocycles. The van der Waals surface area contributed by atoms with E-state index in [1.54, 1.807) is 25.7 Å². The number of rotatable bonds is 2. The highest BCUT2D eigenvalue weighted by Crippen LogP contribution is 2.29. The Hall–Kier alpha value is -2.57. The summed E-state index contributed by atoms with van der Waals surface area (Å²) in [7, 11) is 1.33. The molecule has 1 saturated heterocycles. The van der Waals surface area contributed by atoms with Gasteiger partial charge in [-0.3, -0.25) is 9.69 Å². The summed E-state index contributed by atoms with van der Waals surface area (Å²) >= 11 is 0. The van der Waals surface area contributed by atoms with Crippen molar-refractivity contribution in [2.45, 2.75) is 64.3 Å². The highest BCUT2D eigenvalue weighted by molar-refractivity contribution is 5.90. The first-order valence-electron chi connectivity index (χ1n) is 9.66. The SMILES string of the molecule is COC(=O)[C@H]1CCCN1C(=O)[C@H]1Cc2ccccc2CN1C(=O)OC(C)(C)C. The van der Waals surface area contributed by atoms with Crippen LogP contribution in [-0.4, -0.2) is 59.1 Å². The molecule has 7 nitrogen and oxygen atoms in total. The minimum Gasteiger partial charge on any atom is -0.467 e. The largest absolute Gasteiger partial charge is 0.467 e. The second-order valence-electron chi connectivity index (χ2n) is 8.31. The number of nitrogens with zero attached hydrogens (tertiary/aromatic N) is 2. The molecule has 0 unspecified atom stereocenters. The van der Waals surface area contributed by atoms with Crippen LogP contribution >= 0.6 is 0 Å². The topological polar surface area (TPSA) is 76.2 Å². The lowest BCUT2D eigenvalue weighted by molar-refractivity contribution is -0.153. The standard InChI is InChI=1S/C21H28N2O5/c1-21(2,3)28-20(26)23-13-15-9-6-5-8-14(15)12-17(23)18(24)22-11-7-10-16(22)19(25)27-4/h5-6,8-9,16-17H,7,10-13H2,1-4H3/t16-,17-/m1/s1.